The van der Waals surface area contributed by atoms with Crippen molar-refractivity contribution in [1.82, 2.24) is 24.5 Å². The van der Waals surface area contributed by atoms with Crippen LogP contribution in [0, 0.1) is 17.0 Å². The van der Waals surface area contributed by atoms with Crippen molar-refractivity contribution in [3.05, 3.63) is 40.0 Å². The summed E-state index contributed by atoms with van der Waals surface area (Å²) < 4.78 is 3.37. The van der Waals surface area contributed by atoms with E-state index in [0.717, 1.165) is 11.3 Å². The normalized spacial score (nSPS) is 11.2. The van der Waals surface area contributed by atoms with Gasteiger partial charge >= 0.3 is 5.69 Å². The summed E-state index contributed by atoms with van der Waals surface area (Å²) >= 11 is 0. The lowest BCUT2D eigenvalue weighted by atomic mass is 10.2. The van der Waals surface area contributed by atoms with E-state index in [-0.39, 0.29) is 5.69 Å². The van der Waals surface area contributed by atoms with E-state index in [1.807, 2.05) is 36.8 Å². The maximum Gasteiger partial charge on any atom is 0.307 e. The highest BCUT2D eigenvalue weighted by atomic mass is 16.6. The van der Waals surface area contributed by atoms with E-state index in [0.29, 0.717) is 13.2 Å². The summed E-state index contributed by atoms with van der Waals surface area (Å²) in [5.74, 6) is 0. The summed E-state index contributed by atoms with van der Waals surface area (Å²) in [5.41, 5.74) is 2.25. The van der Waals surface area contributed by atoms with Gasteiger partial charge in [0.1, 0.15) is 12.4 Å². The Hall–Kier alpha value is -2.22. The molecule has 0 N–H and O–H groups in total. The molecule has 2 rings (SSSR count). The van der Waals surface area contributed by atoms with Gasteiger partial charge in [-0.25, -0.2) is 0 Å². The summed E-state index contributed by atoms with van der Waals surface area (Å²) in [4.78, 5) is 12.1. The zero-order valence-corrected chi connectivity index (χ0v) is 11.1. The fourth-order valence-corrected chi connectivity index (χ4v) is 1.81. The van der Waals surface area contributed by atoms with Gasteiger partial charge in [-0.1, -0.05) is 0 Å². The molecule has 0 saturated heterocycles. The van der Waals surface area contributed by atoms with Gasteiger partial charge in [0.15, 0.2) is 0 Å². The molecule has 0 saturated carbocycles. The Labute approximate surface area is 110 Å². The lowest BCUT2D eigenvalue weighted by Crippen LogP contribution is -2.22. The summed E-state index contributed by atoms with van der Waals surface area (Å²) in [6, 6.07) is 0. The molecular weight excluding hydrogens is 248 g/mol. The highest BCUT2D eigenvalue weighted by Crippen LogP contribution is 2.11. The number of hydrogen-bond acceptors (Lipinski definition) is 5. The van der Waals surface area contributed by atoms with Crippen LogP contribution in [0.25, 0.3) is 0 Å². The van der Waals surface area contributed by atoms with E-state index < -0.39 is 4.92 Å². The van der Waals surface area contributed by atoms with Gasteiger partial charge in [0.05, 0.1) is 17.8 Å². The maximum absolute atomic E-state index is 10.6. The molecule has 0 aliphatic heterocycles. The molecule has 8 heteroatoms. The monoisotopic (exact) mass is 264 g/mol. The fraction of sp³-hybridized carbons (Fsp3) is 0.455. The van der Waals surface area contributed by atoms with Crippen molar-refractivity contribution in [2.75, 3.05) is 7.05 Å². The molecule has 8 nitrogen and oxygen atoms in total. The first-order valence-electron chi connectivity index (χ1n) is 5.80. The average molecular weight is 264 g/mol. The number of aryl methyl sites for hydroxylation is 1. The third-order valence-corrected chi connectivity index (χ3v) is 2.99. The molecule has 0 fully saturated rings. The van der Waals surface area contributed by atoms with Gasteiger partial charge in [-0.05, 0) is 14.0 Å². The first-order chi connectivity index (χ1) is 8.97. The van der Waals surface area contributed by atoms with Crippen molar-refractivity contribution in [1.29, 1.82) is 0 Å². The van der Waals surface area contributed by atoms with Crippen LogP contribution in [0.1, 0.15) is 11.3 Å². The Morgan fingerprint density at radius 3 is 2.68 bits per heavy atom. The predicted molar refractivity (Wildman–Crippen MR) is 68.3 cm³/mol. The number of nitrogens with zero attached hydrogens (tertiary/aromatic N) is 6. The molecule has 0 aliphatic carbocycles. The second-order valence-corrected chi connectivity index (χ2v) is 4.53. The molecule has 2 aromatic heterocycles. The van der Waals surface area contributed by atoms with Crippen LogP contribution in [0.5, 0.6) is 0 Å². The van der Waals surface area contributed by atoms with E-state index in [4.69, 9.17) is 0 Å². The first-order valence-corrected chi connectivity index (χ1v) is 5.80. The van der Waals surface area contributed by atoms with Gasteiger partial charge in [0, 0.05) is 24.8 Å². The maximum atomic E-state index is 10.6. The number of aromatic nitrogens is 4. The van der Waals surface area contributed by atoms with Crippen molar-refractivity contribution in [3.8, 4) is 0 Å². The van der Waals surface area contributed by atoms with Gasteiger partial charge in [-0.3, -0.25) is 24.4 Å². The zero-order chi connectivity index (χ0) is 14.0. The van der Waals surface area contributed by atoms with E-state index in [1.165, 1.54) is 12.4 Å². The van der Waals surface area contributed by atoms with E-state index in [9.17, 15) is 10.1 Å². The van der Waals surface area contributed by atoms with Crippen LogP contribution in [0.4, 0.5) is 5.69 Å². The quantitative estimate of drug-likeness (QED) is 0.592. The Balaban J connectivity index is 1.99. The molecule has 0 aliphatic rings. The highest BCUT2D eigenvalue weighted by Gasteiger charge is 2.11. The molecule has 0 atom stereocenters. The van der Waals surface area contributed by atoms with Crippen LogP contribution in [0.2, 0.25) is 0 Å². The minimum Gasteiger partial charge on any atom is -0.283 e. The molecule has 0 aromatic carbocycles. The van der Waals surface area contributed by atoms with Gasteiger partial charge in [-0.15, -0.1) is 0 Å². The van der Waals surface area contributed by atoms with E-state index in [2.05, 4.69) is 10.2 Å². The molecule has 0 radical (unpaired) electrons. The molecule has 0 amide bonds. The smallest absolute Gasteiger partial charge is 0.283 e. The molecule has 2 heterocycles. The summed E-state index contributed by atoms with van der Waals surface area (Å²) in [6.45, 7) is 3.21. The van der Waals surface area contributed by atoms with Gasteiger partial charge in [-0.2, -0.15) is 10.2 Å². The van der Waals surface area contributed by atoms with E-state index >= 15 is 0 Å². The van der Waals surface area contributed by atoms with Crippen LogP contribution in [0.3, 0.4) is 0 Å². The molecule has 19 heavy (non-hydrogen) atoms. The third kappa shape index (κ3) is 2.97. The highest BCUT2D eigenvalue weighted by molar-refractivity contribution is 5.20. The number of nitro groups is 1. The lowest BCUT2D eigenvalue weighted by molar-refractivity contribution is -0.385. The van der Waals surface area contributed by atoms with Gasteiger partial charge in [0.2, 0.25) is 0 Å². The van der Waals surface area contributed by atoms with Crippen molar-refractivity contribution in [2.24, 2.45) is 7.05 Å². The Morgan fingerprint density at radius 2 is 2.16 bits per heavy atom. The largest absolute Gasteiger partial charge is 0.307 e. The van der Waals surface area contributed by atoms with Crippen LogP contribution in [0.15, 0.2) is 18.6 Å². The average Bonchev–Trinajstić information content (AvgIpc) is 2.91. The SMILES string of the molecule is Cc1c(CN(C)Cn2cc([N+](=O)[O-])cn2)cnn1C. The van der Waals surface area contributed by atoms with Crippen LogP contribution in [-0.4, -0.2) is 36.4 Å². The van der Waals surface area contributed by atoms with Crippen molar-refractivity contribution < 1.29 is 4.92 Å². The Morgan fingerprint density at radius 1 is 1.42 bits per heavy atom. The summed E-state index contributed by atoms with van der Waals surface area (Å²) in [7, 11) is 3.83. The minimum absolute atomic E-state index is 0.00552. The minimum atomic E-state index is -0.450. The standard InChI is InChI=1S/C11H16N6O2/c1-9-10(4-12-15(9)3)6-14(2)8-16-7-11(5-13-16)17(18)19/h4-5,7H,6,8H2,1-3H3. The zero-order valence-electron chi connectivity index (χ0n) is 11.1. The molecular formula is C11H16N6O2. The van der Waals surface area contributed by atoms with Crippen LogP contribution < -0.4 is 0 Å². The Kier molecular flexibility index (Phi) is 3.61. The van der Waals surface area contributed by atoms with Crippen molar-refractivity contribution in [2.45, 2.75) is 20.1 Å². The fourth-order valence-electron chi connectivity index (χ4n) is 1.81. The van der Waals surface area contributed by atoms with E-state index in [1.54, 1.807) is 4.68 Å². The third-order valence-electron chi connectivity index (χ3n) is 2.99. The van der Waals surface area contributed by atoms with Crippen LogP contribution in [-0.2, 0) is 20.3 Å². The summed E-state index contributed by atoms with van der Waals surface area (Å²) in [6.07, 6.45) is 4.51. The van der Waals surface area contributed by atoms with Crippen molar-refractivity contribution >= 4 is 5.69 Å². The number of hydrogen-bond donors (Lipinski definition) is 0. The second kappa shape index (κ2) is 5.19. The lowest BCUT2D eigenvalue weighted by Gasteiger charge is -2.15. The topological polar surface area (TPSA) is 82.0 Å². The molecule has 0 spiro atoms. The molecule has 2 aromatic rings. The predicted octanol–water partition coefficient (Wildman–Crippen LogP) is 0.923. The molecule has 0 unspecified atom stereocenters. The van der Waals surface area contributed by atoms with Gasteiger partial charge in [0.25, 0.3) is 0 Å². The Bertz CT molecular complexity index is 588. The second-order valence-electron chi connectivity index (χ2n) is 4.53. The first kappa shape index (κ1) is 13.2. The van der Waals surface area contributed by atoms with Crippen LogP contribution >= 0.6 is 0 Å². The molecule has 102 valence electrons. The summed E-state index contributed by atoms with van der Waals surface area (Å²) in [5, 5.41) is 18.7. The number of rotatable bonds is 5. The van der Waals surface area contributed by atoms with Crippen molar-refractivity contribution in [3.63, 3.8) is 0 Å². The molecule has 0 bridgehead atoms. The van der Waals surface area contributed by atoms with Gasteiger partial charge < -0.3 is 0 Å².